The molecule has 2 atom stereocenters. The van der Waals surface area contributed by atoms with Crippen molar-refractivity contribution in [2.24, 2.45) is 5.92 Å². The molecule has 1 fully saturated rings. The molecular formula is C7H13NO2. The standard InChI is InChI=1S/C7H13NO2/c1-6-3-7(10-5-9)8(2)4-6/h5-7H,3-4H2,1-2H3. The van der Waals surface area contributed by atoms with Gasteiger partial charge >= 0.3 is 0 Å². The first-order chi connectivity index (χ1) is 4.74. The third-order valence-corrected chi connectivity index (χ3v) is 1.91. The lowest BCUT2D eigenvalue weighted by Gasteiger charge is -2.15. The molecule has 0 bridgehead atoms. The Morgan fingerprint density at radius 1 is 1.70 bits per heavy atom. The van der Waals surface area contributed by atoms with Gasteiger partial charge in [-0.15, -0.1) is 0 Å². The Morgan fingerprint density at radius 3 is 2.80 bits per heavy atom. The van der Waals surface area contributed by atoms with Crippen LogP contribution in [0.15, 0.2) is 0 Å². The van der Waals surface area contributed by atoms with E-state index in [0.717, 1.165) is 13.0 Å². The molecule has 0 aromatic rings. The van der Waals surface area contributed by atoms with Crippen molar-refractivity contribution in [2.45, 2.75) is 19.6 Å². The van der Waals surface area contributed by atoms with Crippen LogP contribution in [-0.2, 0) is 9.53 Å². The molecule has 10 heavy (non-hydrogen) atoms. The number of carbonyl (C=O) groups excluding carboxylic acids is 1. The third-order valence-electron chi connectivity index (χ3n) is 1.91. The lowest BCUT2D eigenvalue weighted by molar-refractivity contribution is -0.139. The molecule has 0 aromatic heterocycles. The van der Waals surface area contributed by atoms with Crippen LogP contribution in [0.5, 0.6) is 0 Å². The van der Waals surface area contributed by atoms with Crippen LogP contribution < -0.4 is 0 Å². The molecule has 3 nitrogen and oxygen atoms in total. The fraction of sp³-hybridized carbons (Fsp3) is 0.857. The molecule has 0 radical (unpaired) electrons. The van der Waals surface area contributed by atoms with Crippen molar-refractivity contribution in [3.05, 3.63) is 0 Å². The highest BCUT2D eigenvalue weighted by atomic mass is 16.5. The van der Waals surface area contributed by atoms with Crippen molar-refractivity contribution in [1.82, 2.24) is 4.90 Å². The van der Waals surface area contributed by atoms with Crippen LogP contribution in [0, 0.1) is 5.92 Å². The number of hydrogen-bond acceptors (Lipinski definition) is 3. The molecule has 0 N–H and O–H groups in total. The fourth-order valence-electron chi connectivity index (χ4n) is 1.43. The SMILES string of the molecule is CC1CC(OC=O)N(C)C1. The van der Waals surface area contributed by atoms with Crippen LogP contribution in [0.2, 0.25) is 0 Å². The predicted molar refractivity (Wildman–Crippen MR) is 37.3 cm³/mol. The molecule has 1 heterocycles. The lowest BCUT2D eigenvalue weighted by Crippen LogP contribution is -2.27. The molecule has 1 rings (SSSR count). The molecule has 0 amide bonds. The minimum Gasteiger partial charge on any atom is -0.449 e. The molecule has 1 saturated heterocycles. The average molecular weight is 143 g/mol. The maximum absolute atomic E-state index is 9.96. The summed E-state index contributed by atoms with van der Waals surface area (Å²) in [5, 5.41) is 0. The summed E-state index contributed by atoms with van der Waals surface area (Å²) < 4.78 is 4.83. The first-order valence-electron chi connectivity index (χ1n) is 3.53. The van der Waals surface area contributed by atoms with Gasteiger partial charge in [0.15, 0.2) is 6.23 Å². The molecular weight excluding hydrogens is 130 g/mol. The van der Waals surface area contributed by atoms with Crippen molar-refractivity contribution < 1.29 is 9.53 Å². The Balaban J connectivity index is 2.38. The third kappa shape index (κ3) is 1.48. The van der Waals surface area contributed by atoms with Gasteiger partial charge in [0, 0.05) is 13.0 Å². The highest BCUT2D eigenvalue weighted by Gasteiger charge is 2.27. The first-order valence-corrected chi connectivity index (χ1v) is 3.53. The Kier molecular flexibility index (Phi) is 2.27. The van der Waals surface area contributed by atoms with Gasteiger partial charge < -0.3 is 4.74 Å². The minimum atomic E-state index is 0.0208. The van der Waals surface area contributed by atoms with Gasteiger partial charge in [0.1, 0.15) is 0 Å². The van der Waals surface area contributed by atoms with Gasteiger partial charge in [-0.05, 0) is 13.0 Å². The minimum absolute atomic E-state index is 0.0208. The summed E-state index contributed by atoms with van der Waals surface area (Å²) in [5.74, 6) is 0.648. The van der Waals surface area contributed by atoms with E-state index < -0.39 is 0 Å². The number of likely N-dealkylation sites (tertiary alicyclic amines) is 1. The highest BCUT2D eigenvalue weighted by molar-refractivity contribution is 5.37. The van der Waals surface area contributed by atoms with Gasteiger partial charge in [-0.3, -0.25) is 9.69 Å². The smallest absolute Gasteiger partial charge is 0.294 e. The summed E-state index contributed by atoms with van der Waals surface area (Å²) in [6.45, 7) is 3.71. The Labute approximate surface area is 61.0 Å². The Bertz CT molecular complexity index is 127. The van der Waals surface area contributed by atoms with E-state index in [1.165, 1.54) is 0 Å². The van der Waals surface area contributed by atoms with Crippen molar-refractivity contribution in [3.8, 4) is 0 Å². The van der Waals surface area contributed by atoms with E-state index in [1.54, 1.807) is 0 Å². The number of carbonyl (C=O) groups is 1. The molecule has 3 heteroatoms. The highest BCUT2D eigenvalue weighted by Crippen LogP contribution is 2.20. The topological polar surface area (TPSA) is 29.5 Å². The zero-order valence-electron chi connectivity index (χ0n) is 6.41. The van der Waals surface area contributed by atoms with Crippen molar-refractivity contribution in [1.29, 1.82) is 0 Å². The molecule has 0 aliphatic carbocycles. The molecule has 1 aliphatic heterocycles. The maximum Gasteiger partial charge on any atom is 0.294 e. The molecule has 2 unspecified atom stereocenters. The molecule has 58 valence electrons. The van der Waals surface area contributed by atoms with Crippen LogP contribution in [-0.4, -0.2) is 31.2 Å². The normalized spacial score (nSPS) is 34.2. The van der Waals surface area contributed by atoms with Crippen molar-refractivity contribution >= 4 is 6.47 Å². The summed E-state index contributed by atoms with van der Waals surface area (Å²) in [5.41, 5.74) is 0. The molecule has 1 aliphatic rings. The van der Waals surface area contributed by atoms with Gasteiger partial charge in [-0.25, -0.2) is 0 Å². The second-order valence-corrected chi connectivity index (χ2v) is 2.97. The number of ether oxygens (including phenoxy) is 1. The number of nitrogens with zero attached hydrogens (tertiary/aromatic N) is 1. The lowest BCUT2D eigenvalue weighted by atomic mass is 10.1. The van der Waals surface area contributed by atoms with E-state index in [1.807, 2.05) is 7.05 Å². The monoisotopic (exact) mass is 143 g/mol. The second-order valence-electron chi connectivity index (χ2n) is 2.97. The van der Waals surface area contributed by atoms with Gasteiger partial charge in [0.05, 0.1) is 0 Å². The van der Waals surface area contributed by atoms with Gasteiger partial charge in [0.25, 0.3) is 6.47 Å². The van der Waals surface area contributed by atoms with E-state index in [9.17, 15) is 4.79 Å². The first kappa shape index (κ1) is 7.54. The maximum atomic E-state index is 9.96. The Morgan fingerprint density at radius 2 is 2.40 bits per heavy atom. The van der Waals surface area contributed by atoms with E-state index >= 15 is 0 Å². The zero-order chi connectivity index (χ0) is 7.56. The fourth-order valence-corrected chi connectivity index (χ4v) is 1.43. The second kappa shape index (κ2) is 3.01. The average Bonchev–Trinajstić information content (AvgIpc) is 2.13. The number of rotatable bonds is 2. The van der Waals surface area contributed by atoms with Crippen LogP contribution in [0.3, 0.4) is 0 Å². The zero-order valence-corrected chi connectivity index (χ0v) is 6.41. The Hall–Kier alpha value is -0.570. The van der Waals surface area contributed by atoms with E-state index in [2.05, 4.69) is 11.8 Å². The van der Waals surface area contributed by atoms with Crippen molar-refractivity contribution in [3.63, 3.8) is 0 Å². The summed E-state index contributed by atoms with van der Waals surface area (Å²) in [7, 11) is 1.97. The molecule has 0 aromatic carbocycles. The quantitative estimate of drug-likeness (QED) is 0.526. The summed E-state index contributed by atoms with van der Waals surface area (Å²) >= 11 is 0. The van der Waals surface area contributed by atoms with Crippen LogP contribution in [0.4, 0.5) is 0 Å². The summed E-state index contributed by atoms with van der Waals surface area (Å²) in [4.78, 5) is 12.0. The van der Waals surface area contributed by atoms with Crippen LogP contribution in [0.1, 0.15) is 13.3 Å². The largest absolute Gasteiger partial charge is 0.449 e. The summed E-state index contributed by atoms with van der Waals surface area (Å²) in [6.07, 6.45) is 0.988. The molecule has 0 spiro atoms. The van der Waals surface area contributed by atoms with E-state index in [4.69, 9.17) is 4.74 Å². The van der Waals surface area contributed by atoms with Crippen LogP contribution >= 0.6 is 0 Å². The van der Waals surface area contributed by atoms with Crippen molar-refractivity contribution in [2.75, 3.05) is 13.6 Å². The predicted octanol–water partition coefficient (Wildman–Crippen LogP) is 0.457. The summed E-state index contributed by atoms with van der Waals surface area (Å²) in [6, 6.07) is 0. The van der Waals surface area contributed by atoms with Gasteiger partial charge in [-0.1, -0.05) is 6.92 Å². The van der Waals surface area contributed by atoms with Gasteiger partial charge in [-0.2, -0.15) is 0 Å². The molecule has 0 saturated carbocycles. The number of hydrogen-bond donors (Lipinski definition) is 0. The van der Waals surface area contributed by atoms with Crippen LogP contribution in [0.25, 0.3) is 0 Å². The van der Waals surface area contributed by atoms with E-state index in [0.29, 0.717) is 12.4 Å². The van der Waals surface area contributed by atoms with Gasteiger partial charge in [0.2, 0.25) is 0 Å². The van der Waals surface area contributed by atoms with E-state index in [-0.39, 0.29) is 6.23 Å².